The normalized spacial score (nSPS) is 12.6. The molecule has 0 saturated carbocycles. The van der Waals surface area contributed by atoms with Gasteiger partial charge in [-0.25, -0.2) is 4.79 Å². The molecule has 39 heavy (non-hydrogen) atoms. The van der Waals surface area contributed by atoms with Gasteiger partial charge in [-0.1, -0.05) is 17.3 Å². The van der Waals surface area contributed by atoms with Crippen molar-refractivity contribution in [1.29, 1.82) is 0 Å². The van der Waals surface area contributed by atoms with Gasteiger partial charge in [-0.05, 0) is 56.7 Å². The Morgan fingerprint density at radius 1 is 1.08 bits per heavy atom. The van der Waals surface area contributed by atoms with E-state index in [9.17, 15) is 23.1 Å². The van der Waals surface area contributed by atoms with Gasteiger partial charge < -0.3 is 18.9 Å². The maximum absolute atomic E-state index is 15.0. The molecule has 4 heterocycles. The summed E-state index contributed by atoms with van der Waals surface area (Å²) in [4.78, 5) is 20.4. The Kier molecular flexibility index (Phi) is 6.37. The zero-order valence-corrected chi connectivity index (χ0v) is 21.4. The number of hydrogen-bond donors (Lipinski definition) is 1. The summed E-state index contributed by atoms with van der Waals surface area (Å²) in [5.74, 6) is -0.822. The van der Waals surface area contributed by atoms with Gasteiger partial charge in [-0.2, -0.15) is 13.2 Å². The fourth-order valence-corrected chi connectivity index (χ4v) is 4.95. The lowest BCUT2D eigenvalue weighted by Gasteiger charge is -2.21. The number of fused-ring (bicyclic) bond motifs is 1. The number of aromatic carboxylic acids is 1. The summed E-state index contributed by atoms with van der Waals surface area (Å²) < 4.78 is 56.6. The monoisotopic (exact) mass is 536 g/mol. The molecule has 0 fully saturated rings. The number of carbonyl (C=O) groups is 1. The number of carboxylic acids is 1. The minimum atomic E-state index is -4.80. The van der Waals surface area contributed by atoms with Gasteiger partial charge in [0.2, 0.25) is 0 Å². The van der Waals surface area contributed by atoms with Crippen LogP contribution in [0.5, 0.6) is 5.75 Å². The van der Waals surface area contributed by atoms with Crippen LogP contribution in [0, 0.1) is 13.8 Å². The van der Waals surface area contributed by atoms with Gasteiger partial charge in [-0.3, -0.25) is 9.97 Å². The largest absolute Gasteiger partial charge is 0.496 e. The number of carboxylic acid groups (broad SMARTS) is 1. The fourth-order valence-electron chi connectivity index (χ4n) is 4.95. The molecule has 0 aliphatic rings. The smallest absolute Gasteiger partial charge is 0.432 e. The van der Waals surface area contributed by atoms with E-state index in [0.717, 1.165) is 0 Å². The van der Waals surface area contributed by atoms with Crippen LogP contribution in [-0.4, -0.2) is 37.9 Å². The quantitative estimate of drug-likeness (QED) is 0.257. The number of halogens is 3. The van der Waals surface area contributed by atoms with Crippen LogP contribution in [0.25, 0.3) is 33.3 Å². The van der Waals surface area contributed by atoms with Gasteiger partial charge in [0.25, 0.3) is 0 Å². The van der Waals surface area contributed by atoms with Crippen LogP contribution >= 0.6 is 0 Å². The first-order valence-electron chi connectivity index (χ1n) is 11.9. The van der Waals surface area contributed by atoms with Crippen molar-refractivity contribution in [2.45, 2.75) is 33.0 Å². The van der Waals surface area contributed by atoms with Gasteiger partial charge in [0, 0.05) is 29.1 Å². The highest BCUT2D eigenvalue weighted by Gasteiger charge is 2.42. The third-order valence-corrected chi connectivity index (χ3v) is 6.66. The zero-order valence-electron chi connectivity index (χ0n) is 21.4. The van der Waals surface area contributed by atoms with Crippen LogP contribution in [-0.2, 0) is 6.18 Å². The molecule has 0 aliphatic heterocycles. The van der Waals surface area contributed by atoms with Crippen molar-refractivity contribution in [3.8, 4) is 28.0 Å². The van der Waals surface area contributed by atoms with Crippen LogP contribution in [0.15, 0.2) is 59.4 Å². The number of ether oxygens (including phenoxy) is 1. The third kappa shape index (κ3) is 4.39. The van der Waals surface area contributed by atoms with Crippen LogP contribution in [0.2, 0.25) is 0 Å². The predicted molar refractivity (Wildman–Crippen MR) is 137 cm³/mol. The molecule has 5 aromatic rings. The lowest BCUT2D eigenvalue weighted by atomic mass is 10.0. The Morgan fingerprint density at radius 2 is 1.85 bits per heavy atom. The van der Waals surface area contributed by atoms with Crippen LogP contribution < -0.4 is 4.74 Å². The van der Waals surface area contributed by atoms with Crippen molar-refractivity contribution >= 4 is 17.0 Å². The summed E-state index contributed by atoms with van der Waals surface area (Å²) in [6.45, 7) is 5.10. The summed E-state index contributed by atoms with van der Waals surface area (Å²) >= 11 is 0. The Morgan fingerprint density at radius 3 is 2.44 bits per heavy atom. The van der Waals surface area contributed by atoms with E-state index in [4.69, 9.17) is 9.26 Å². The average Bonchev–Trinajstić information content (AvgIpc) is 3.44. The molecule has 1 N–H and O–H groups in total. The van der Waals surface area contributed by atoms with Crippen molar-refractivity contribution in [2.75, 3.05) is 7.11 Å². The Bertz CT molecular complexity index is 1690. The lowest BCUT2D eigenvalue weighted by Crippen LogP contribution is -2.19. The van der Waals surface area contributed by atoms with E-state index in [1.807, 2.05) is 0 Å². The van der Waals surface area contributed by atoms with Gasteiger partial charge in [-0.15, -0.1) is 0 Å². The number of aryl methyl sites for hydroxylation is 2. The molecule has 11 heteroatoms. The molecule has 1 unspecified atom stereocenters. The third-order valence-electron chi connectivity index (χ3n) is 6.66. The molecule has 0 radical (unpaired) electrons. The summed E-state index contributed by atoms with van der Waals surface area (Å²) in [6, 6.07) is 9.70. The number of rotatable bonds is 6. The molecular formula is C28H23F3N4O4. The van der Waals surface area contributed by atoms with Crippen molar-refractivity contribution in [3.05, 3.63) is 83.3 Å². The second-order valence-corrected chi connectivity index (χ2v) is 9.03. The summed E-state index contributed by atoms with van der Waals surface area (Å²) in [7, 11) is 1.26. The number of methoxy groups -OCH3 is 1. The highest BCUT2D eigenvalue weighted by atomic mass is 19.4. The number of nitrogens with zero attached hydrogens (tertiary/aromatic N) is 4. The standard InChI is InChI=1S/C28H23F3N4O4/c1-14-23(16(3)39-34-14)18-11-21-25(33-13-18)24(17-8-9-19(27(36)37)22(12-17)38-4)26(28(29,30)31)35(21)15(2)20-7-5-6-10-32-20/h5-13,15H,1-4H3,(H,36,37). The van der Waals surface area contributed by atoms with Gasteiger partial charge in [0.05, 0.1) is 35.6 Å². The molecule has 4 aromatic heterocycles. The molecule has 0 spiro atoms. The number of pyridine rings is 2. The Hall–Kier alpha value is -4.67. The molecule has 0 bridgehead atoms. The number of aromatic nitrogens is 4. The van der Waals surface area contributed by atoms with Gasteiger partial charge in [0.15, 0.2) is 0 Å². The second-order valence-electron chi connectivity index (χ2n) is 9.03. The minimum absolute atomic E-state index is 0.0702. The highest BCUT2D eigenvalue weighted by Crippen LogP contribution is 2.46. The van der Waals surface area contributed by atoms with Crippen molar-refractivity contribution < 1.29 is 32.3 Å². The van der Waals surface area contributed by atoms with Crippen LogP contribution in [0.3, 0.4) is 0 Å². The number of benzene rings is 1. The molecule has 0 aliphatic carbocycles. The minimum Gasteiger partial charge on any atom is -0.496 e. The maximum Gasteiger partial charge on any atom is 0.432 e. The number of hydrogen-bond acceptors (Lipinski definition) is 6. The fraction of sp³-hybridized carbons (Fsp3) is 0.214. The molecule has 1 atom stereocenters. The lowest BCUT2D eigenvalue weighted by molar-refractivity contribution is -0.143. The van der Waals surface area contributed by atoms with E-state index in [2.05, 4.69) is 15.1 Å². The van der Waals surface area contributed by atoms with Gasteiger partial charge in [0.1, 0.15) is 22.8 Å². The van der Waals surface area contributed by atoms with E-state index in [0.29, 0.717) is 28.3 Å². The molecule has 200 valence electrons. The van der Waals surface area contributed by atoms with Crippen LogP contribution in [0.1, 0.15) is 46.2 Å². The summed E-state index contributed by atoms with van der Waals surface area (Å²) in [6.07, 6.45) is -1.80. The predicted octanol–water partition coefficient (Wildman–Crippen LogP) is 6.71. The molecule has 0 amide bonds. The zero-order chi connectivity index (χ0) is 28.1. The van der Waals surface area contributed by atoms with Crippen LogP contribution in [0.4, 0.5) is 13.2 Å². The van der Waals surface area contributed by atoms with Gasteiger partial charge >= 0.3 is 12.1 Å². The van der Waals surface area contributed by atoms with Crippen molar-refractivity contribution in [3.63, 3.8) is 0 Å². The van der Waals surface area contributed by atoms with Crippen molar-refractivity contribution in [1.82, 2.24) is 19.7 Å². The average molecular weight is 537 g/mol. The molecule has 1 aromatic carbocycles. The van der Waals surface area contributed by atoms with E-state index in [1.54, 1.807) is 45.0 Å². The topological polar surface area (TPSA) is 103 Å². The van der Waals surface area contributed by atoms with E-state index >= 15 is 0 Å². The van der Waals surface area contributed by atoms with Crippen molar-refractivity contribution in [2.24, 2.45) is 0 Å². The summed E-state index contributed by atoms with van der Waals surface area (Å²) in [5, 5.41) is 13.5. The van der Waals surface area contributed by atoms with E-state index in [-0.39, 0.29) is 33.5 Å². The SMILES string of the molecule is COc1cc(-c2c(C(F)(F)F)n(C(C)c3ccccn3)c3cc(-c4c(C)noc4C)cnc23)ccc1C(=O)O. The second kappa shape index (κ2) is 9.57. The molecule has 0 saturated heterocycles. The Labute approximate surface area is 220 Å². The molecule has 8 nitrogen and oxygen atoms in total. The molecule has 5 rings (SSSR count). The van der Waals surface area contributed by atoms with E-state index < -0.39 is 23.9 Å². The first-order valence-corrected chi connectivity index (χ1v) is 11.9. The number of alkyl halides is 3. The maximum atomic E-state index is 15.0. The summed E-state index contributed by atoms with van der Waals surface area (Å²) in [5.41, 5.74) is 1.30. The molecular weight excluding hydrogens is 513 g/mol. The van der Waals surface area contributed by atoms with E-state index in [1.165, 1.54) is 42.3 Å². The Balaban J connectivity index is 1.90. The first kappa shape index (κ1) is 26.0. The highest BCUT2D eigenvalue weighted by molar-refractivity contribution is 5.99. The first-order chi connectivity index (χ1) is 18.5.